The molecule has 0 spiro atoms. The molecule has 0 aliphatic rings. The lowest BCUT2D eigenvalue weighted by atomic mass is 10.3. The predicted molar refractivity (Wildman–Crippen MR) is 77.0 cm³/mol. The first-order valence-electron chi connectivity index (χ1n) is 6.07. The molecule has 0 fully saturated rings. The Hall–Kier alpha value is -1.81. The summed E-state index contributed by atoms with van der Waals surface area (Å²) < 4.78 is 1.81. The van der Waals surface area contributed by atoms with Gasteiger partial charge in [0.1, 0.15) is 5.38 Å². The molecule has 0 unspecified atom stereocenters. The summed E-state index contributed by atoms with van der Waals surface area (Å²) in [5.41, 5.74) is 3.34. The van der Waals surface area contributed by atoms with Gasteiger partial charge in [-0.05, 0) is 32.9 Å². The number of benzene rings is 1. The summed E-state index contributed by atoms with van der Waals surface area (Å²) in [4.78, 5) is 11.7. The van der Waals surface area contributed by atoms with Crippen LogP contribution in [-0.4, -0.2) is 21.1 Å². The molecule has 2 aromatic rings. The van der Waals surface area contributed by atoms with Crippen LogP contribution in [0.25, 0.3) is 5.69 Å². The third kappa shape index (κ3) is 2.79. The highest BCUT2D eigenvalue weighted by Crippen LogP contribution is 2.23. The molecular weight excluding hydrogens is 262 g/mol. The van der Waals surface area contributed by atoms with E-state index < -0.39 is 5.38 Å². The van der Waals surface area contributed by atoms with Crippen LogP contribution in [0.1, 0.15) is 18.3 Å². The van der Waals surface area contributed by atoms with E-state index in [0.717, 1.165) is 22.8 Å². The number of para-hydroxylation sites is 1. The van der Waals surface area contributed by atoms with Gasteiger partial charge in [0.2, 0.25) is 5.91 Å². The summed E-state index contributed by atoms with van der Waals surface area (Å²) >= 11 is 5.77. The second kappa shape index (κ2) is 5.45. The second-order valence-corrected chi connectivity index (χ2v) is 5.05. The SMILES string of the molecule is Cc1nn(-c2ccccc2)c(C)c1NC(=O)[C@@H](C)Cl. The molecule has 1 aromatic heterocycles. The van der Waals surface area contributed by atoms with Crippen LogP contribution in [0.5, 0.6) is 0 Å². The van der Waals surface area contributed by atoms with Crippen LogP contribution < -0.4 is 5.32 Å². The molecule has 19 heavy (non-hydrogen) atoms. The quantitative estimate of drug-likeness (QED) is 0.877. The van der Waals surface area contributed by atoms with Crippen LogP contribution in [0.2, 0.25) is 0 Å². The maximum Gasteiger partial charge on any atom is 0.242 e. The number of halogens is 1. The Morgan fingerprint density at radius 2 is 1.95 bits per heavy atom. The standard InChI is InChI=1S/C14H16ClN3O/c1-9(15)14(19)16-13-10(2)17-18(11(13)3)12-7-5-4-6-8-12/h4-9H,1-3H3,(H,16,19)/t9-/m1/s1. The van der Waals surface area contributed by atoms with Crippen molar-refractivity contribution in [3.63, 3.8) is 0 Å². The van der Waals surface area contributed by atoms with Crippen molar-refractivity contribution in [1.29, 1.82) is 0 Å². The largest absolute Gasteiger partial charge is 0.322 e. The van der Waals surface area contributed by atoms with Crippen molar-refractivity contribution in [2.45, 2.75) is 26.1 Å². The lowest BCUT2D eigenvalue weighted by Crippen LogP contribution is -2.21. The summed E-state index contributed by atoms with van der Waals surface area (Å²) in [5, 5.41) is 6.70. The molecule has 0 radical (unpaired) electrons. The summed E-state index contributed by atoms with van der Waals surface area (Å²) in [6, 6.07) is 9.78. The third-order valence-electron chi connectivity index (χ3n) is 2.90. The topological polar surface area (TPSA) is 46.9 Å². The van der Waals surface area contributed by atoms with Crippen molar-refractivity contribution >= 4 is 23.2 Å². The molecule has 0 saturated heterocycles. The van der Waals surface area contributed by atoms with E-state index in [-0.39, 0.29) is 5.91 Å². The molecule has 100 valence electrons. The number of aromatic nitrogens is 2. The molecule has 1 aromatic carbocycles. The van der Waals surface area contributed by atoms with E-state index >= 15 is 0 Å². The minimum Gasteiger partial charge on any atom is -0.322 e. The first-order chi connectivity index (χ1) is 9.00. The Morgan fingerprint density at radius 3 is 2.53 bits per heavy atom. The Morgan fingerprint density at radius 1 is 1.32 bits per heavy atom. The molecule has 0 bridgehead atoms. The fourth-order valence-electron chi connectivity index (χ4n) is 1.87. The third-order valence-corrected chi connectivity index (χ3v) is 3.10. The van der Waals surface area contributed by atoms with E-state index in [1.54, 1.807) is 6.92 Å². The van der Waals surface area contributed by atoms with Crippen molar-refractivity contribution in [2.24, 2.45) is 0 Å². The van der Waals surface area contributed by atoms with Crippen molar-refractivity contribution < 1.29 is 4.79 Å². The van der Waals surface area contributed by atoms with E-state index in [1.807, 2.05) is 48.9 Å². The fourth-order valence-corrected chi connectivity index (χ4v) is 1.92. The zero-order valence-corrected chi connectivity index (χ0v) is 11.9. The zero-order chi connectivity index (χ0) is 14.0. The average molecular weight is 278 g/mol. The van der Waals surface area contributed by atoms with Crippen LogP contribution >= 0.6 is 11.6 Å². The predicted octanol–water partition coefficient (Wildman–Crippen LogP) is 3.05. The van der Waals surface area contributed by atoms with Crippen LogP contribution in [-0.2, 0) is 4.79 Å². The summed E-state index contributed by atoms with van der Waals surface area (Å²) in [7, 11) is 0. The number of anilines is 1. The van der Waals surface area contributed by atoms with E-state index in [0.29, 0.717) is 0 Å². The molecular formula is C14H16ClN3O. The van der Waals surface area contributed by atoms with Crippen molar-refractivity contribution in [1.82, 2.24) is 9.78 Å². The average Bonchev–Trinajstić information content (AvgIpc) is 2.67. The van der Waals surface area contributed by atoms with E-state index in [1.165, 1.54) is 0 Å². The number of hydrogen-bond donors (Lipinski definition) is 1. The Bertz CT molecular complexity index is 590. The molecule has 1 N–H and O–H groups in total. The number of nitrogens with one attached hydrogen (secondary N) is 1. The lowest BCUT2D eigenvalue weighted by Gasteiger charge is -2.07. The van der Waals surface area contributed by atoms with E-state index in [4.69, 9.17) is 11.6 Å². The molecule has 0 aliphatic carbocycles. The van der Waals surface area contributed by atoms with Crippen LogP contribution in [0.4, 0.5) is 5.69 Å². The Balaban J connectivity index is 2.38. The highest BCUT2D eigenvalue weighted by atomic mass is 35.5. The summed E-state index contributed by atoms with van der Waals surface area (Å²) in [6.45, 7) is 5.42. The van der Waals surface area contributed by atoms with E-state index in [2.05, 4.69) is 10.4 Å². The number of aryl methyl sites for hydroxylation is 1. The van der Waals surface area contributed by atoms with Gasteiger partial charge in [0.05, 0.1) is 22.8 Å². The van der Waals surface area contributed by atoms with Gasteiger partial charge in [-0.15, -0.1) is 11.6 Å². The summed E-state index contributed by atoms with van der Waals surface area (Å²) in [6.07, 6.45) is 0. The molecule has 0 saturated carbocycles. The van der Waals surface area contributed by atoms with E-state index in [9.17, 15) is 4.79 Å². The normalized spacial score (nSPS) is 12.2. The number of nitrogens with zero attached hydrogens (tertiary/aromatic N) is 2. The van der Waals surface area contributed by atoms with Crippen molar-refractivity contribution in [3.05, 3.63) is 41.7 Å². The van der Waals surface area contributed by atoms with Crippen molar-refractivity contribution in [2.75, 3.05) is 5.32 Å². The fraction of sp³-hybridized carbons (Fsp3) is 0.286. The molecule has 0 aliphatic heterocycles. The zero-order valence-electron chi connectivity index (χ0n) is 11.1. The molecule has 5 heteroatoms. The molecule has 2 rings (SSSR count). The van der Waals surface area contributed by atoms with Gasteiger partial charge in [0.25, 0.3) is 0 Å². The monoisotopic (exact) mass is 277 g/mol. The van der Waals surface area contributed by atoms with Gasteiger partial charge >= 0.3 is 0 Å². The smallest absolute Gasteiger partial charge is 0.242 e. The number of alkyl halides is 1. The van der Waals surface area contributed by atoms with Gasteiger partial charge < -0.3 is 5.32 Å². The Kier molecular flexibility index (Phi) is 3.90. The van der Waals surface area contributed by atoms with Gasteiger partial charge in [-0.25, -0.2) is 4.68 Å². The highest BCUT2D eigenvalue weighted by Gasteiger charge is 2.17. The first-order valence-corrected chi connectivity index (χ1v) is 6.51. The van der Waals surface area contributed by atoms with Crippen LogP contribution in [0.3, 0.4) is 0 Å². The van der Waals surface area contributed by atoms with Gasteiger partial charge in [-0.3, -0.25) is 4.79 Å². The van der Waals surface area contributed by atoms with Crippen LogP contribution in [0.15, 0.2) is 30.3 Å². The molecule has 4 nitrogen and oxygen atoms in total. The Labute approximate surface area is 117 Å². The molecule has 1 amide bonds. The second-order valence-electron chi connectivity index (χ2n) is 4.40. The first kappa shape index (κ1) is 13.6. The van der Waals surface area contributed by atoms with Crippen molar-refractivity contribution in [3.8, 4) is 5.69 Å². The van der Waals surface area contributed by atoms with Crippen LogP contribution in [0, 0.1) is 13.8 Å². The number of amides is 1. The maximum atomic E-state index is 11.7. The van der Waals surface area contributed by atoms with Gasteiger partial charge in [0, 0.05) is 0 Å². The number of carbonyl (C=O) groups excluding carboxylic acids is 1. The van der Waals surface area contributed by atoms with Gasteiger partial charge in [0.15, 0.2) is 0 Å². The minimum atomic E-state index is -0.570. The summed E-state index contributed by atoms with van der Waals surface area (Å²) in [5.74, 6) is -0.222. The van der Waals surface area contributed by atoms with Gasteiger partial charge in [-0.2, -0.15) is 5.10 Å². The molecule has 1 atom stereocenters. The molecule has 1 heterocycles. The maximum absolute atomic E-state index is 11.7. The number of rotatable bonds is 3. The lowest BCUT2D eigenvalue weighted by molar-refractivity contribution is -0.115. The number of carbonyl (C=O) groups is 1. The minimum absolute atomic E-state index is 0.222. The van der Waals surface area contributed by atoms with Gasteiger partial charge in [-0.1, -0.05) is 18.2 Å². The highest BCUT2D eigenvalue weighted by molar-refractivity contribution is 6.32. The number of hydrogen-bond acceptors (Lipinski definition) is 2.